The monoisotopic (exact) mass is 456 g/mol. The molecule has 1 fully saturated rings. The van der Waals surface area contributed by atoms with Crippen molar-refractivity contribution < 1.29 is 14.3 Å². The number of ether oxygens (including phenoxy) is 1. The van der Waals surface area contributed by atoms with Crippen molar-refractivity contribution in [3.63, 3.8) is 0 Å². The Morgan fingerprint density at radius 2 is 1.78 bits per heavy atom. The molecule has 0 heterocycles. The minimum absolute atomic E-state index is 0.0629. The van der Waals surface area contributed by atoms with Crippen molar-refractivity contribution in [2.75, 3.05) is 7.11 Å². The summed E-state index contributed by atoms with van der Waals surface area (Å²) in [7, 11) is 1.62. The van der Waals surface area contributed by atoms with Gasteiger partial charge in [-0.05, 0) is 55.5 Å². The summed E-state index contributed by atoms with van der Waals surface area (Å²) < 4.78 is 5.23. The first kappa shape index (κ1) is 24.1. The van der Waals surface area contributed by atoms with Gasteiger partial charge in [-0.15, -0.1) is 0 Å². The Morgan fingerprint density at radius 3 is 2.44 bits per heavy atom. The quantitative estimate of drug-likeness (QED) is 0.567. The van der Waals surface area contributed by atoms with E-state index in [-0.39, 0.29) is 17.9 Å². The Balaban J connectivity index is 1.71. The van der Waals surface area contributed by atoms with Crippen LogP contribution in [0.4, 0.5) is 0 Å². The third-order valence-electron chi connectivity index (χ3n) is 6.20. The molecule has 0 aliphatic heterocycles. The smallest absolute Gasteiger partial charge is 0.242 e. The Kier molecular flexibility index (Phi) is 8.98. The number of halogens is 1. The van der Waals surface area contributed by atoms with E-state index >= 15 is 0 Å². The molecule has 2 aromatic carbocycles. The van der Waals surface area contributed by atoms with Crippen LogP contribution in [0.2, 0.25) is 5.02 Å². The molecule has 0 saturated heterocycles. The van der Waals surface area contributed by atoms with Crippen molar-refractivity contribution in [1.29, 1.82) is 0 Å². The van der Waals surface area contributed by atoms with Gasteiger partial charge >= 0.3 is 0 Å². The van der Waals surface area contributed by atoms with E-state index in [0.717, 1.165) is 42.6 Å². The molecule has 6 heteroatoms. The van der Waals surface area contributed by atoms with Gasteiger partial charge in [0.15, 0.2) is 0 Å². The standard InChI is InChI=1S/C26H33ClN2O3/c1-19(26(31)28-22-9-4-3-5-10-22)29(18-20-12-15-23(32-2)16-13-20)25(30)17-14-21-8-6-7-11-24(21)27/h6-8,11-13,15-16,19,22H,3-5,9-10,14,17-18H2,1-2H3,(H,28,31)/t19-/m0/s1. The van der Waals surface area contributed by atoms with Gasteiger partial charge < -0.3 is 15.0 Å². The zero-order valence-electron chi connectivity index (χ0n) is 19.0. The number of nitrogens with one attached hydrogen (secondary N) is 1. The van der Waals surface area contributed by atoms with Crippen molar-refractivity contribution in [1.82, 2.24) is 10.2 Å². The summed E-state index contributed by atoms with van der Waals surface area (Å²) in [4.78, 5) is 28.0. The van der Waals surface area contributed by atoms with Crippen LogP contribution in [0.15, 0.2) is 48.5 Å². The van der Waals surface area contributed by atoms with E-state index in [9.17, 15) is 9.59 Å². The SMILES string of the molecule is COc1ccc(CN(C(=O)CCc2ccccc2Cl)[C@@H](C)C(=O)NC2CCCCC2)cc1. The van der Waals surface area contributed by atoms with Crippen LogP contribution in [-0.2, 0) is 22.6 Å². The Labute approximate surface area is 196 Å². The number of hydrogen-bond donors (Lipinski definition) is 1. The van der Waals surface area contributed by atoms with Crippen LogP contribution in [-0.4, -0.2) is 35.9 Å². The molecule has 1 saturated carbocycles. The van der Waals surface area contributed by atoms with Crippen molar-refractivity contribution in [3.05, 3.63) is 64.7 Å². The maximum absolute atomic E-state index is 13.3. The Bertz CT molecular complexity index is 894. The lowest BCUT2D eigenvalue weighted by Crippen LogP contribution is -2.50. The van der Waals surface area contributed by atoms with Crippen molar-refractivity contribution in [3.8, 4) is 5.75 Å². The minimum atomic E-state index is -0.558. The van der Waals surface area contributed by atoms with E-state index < -0.39 is 6.04 Å². The zero-order valence-corrected chi connectivity index (χ0v) is 19.7. The van der Waals surface area contributed by atoms with Crippen LogP contribution >= 0.6 is 11.6 Å². The van der Waals surface area contributed by atoms with E-state index in [2.05, 4.69) is 5.32 Å². The molecular weight excluding hydrogens is 424 g/mol. The molecule has 32 heavy (non-hydrogen) atoms. The fraction of sp³-hybridized carbons (Fsp3) is 0.462. The topological polar surface area (TPSA) is 58.6 Å². The summed E-state index contributed by atoms with van der Waals surface area (Å²) in [6, 6.07) is 14.8. The van der Waals surface area contributed by atoms with Gasteiger partial charge in [0.05, 0.1) is 7.11 Å². The third kappa shape index (κ3) is 6.73. The van der Waals surface area contributed by atoms with E-state index in [1.54, 1.807) is 12.0 Å². The number of hydrogen-bond acceptors (Lipinski definition) is 3. The lowest BCUT2D eigenvalue weighted by molar-refractivity contribution is -0.141. The summed E-state index contributed by atoms with van der Waals surface area (Å²) >= 11 is 6.27. The fourth-order valence-corrected chi connectivity index (χ4v) is 4.40. The second-order valence-corrected chi connectivity index (χ2v) is 8.89. The number of methoxy groups -OCH3 is 1. The molecule has 0 unspecified atom stereocenters. The maximum Gasteiger partial charge on any atom is 0.242 e. The number of aryl methyl sites for hydroxylation is 1. The molecule has 172 valence electrons. The lowest BCUT2D eigenvalue weighted by Gasteiger charge is -2.31. The summed E-state index contributed by atoms with van der Waals surface area (Å²) in [6.45, 7) is 2.18. The highest BCUT2D eigenvalue weighted by atomic mass is 35.5. The van der Waals surface area contributed by atoms with Gasteiger partial charge in [-0.1, -0.05) is 61.2 Å². The molecule has 1 N–H and O–H groups in total. The lowest BCUT2D eigenvalue weighted by atomic mass is 9.95. The average Bonchev–Trinajstić information content (AvgIpc) is 2.82. The van der Waals surface area contributed by atoms with Crippen LogP contribution < -0.4 is 10.1 Å². The zero-order chi connectivity index (χ0) is 22.9. The first-order chi connectivity index (χ1) is 15.5. The molecular formula is C26H33ClN2O3. The molecule has 0 bridgehead atoms. The van der Waals surface area contributed by atoms with Gasteiger partial charge in [-0.25, -0.2) is 0 Å². The first-order valence-corrected chi connectivity index (χ1v) is 11.8. The third-order valence-corrected chi connectivity index (χ3v) is 6.57. The highest BCUT2D eigenvalue weighted by Crippen LogP contribution is 2.21. The number of amides is 2. The molecule has 1 aliphatic carbocycles. The van der Waals surface area contributed by atoms with Crippen LogP contribution in [0.25, 0.3) is 0 Å². The predicted octanol–water partition coefficient (Wildman–Crippen LogP) is 5.15. The number of carbonyl (C=O) groups is 2. The summed E-state index contributed by atoms with van der Waals surface area (Å²) in [6.07, 6.45) is 6.37. The van der Waals surface area contributed by atoms with Gasteiger partial charge in [0.25, 0.3) is 0 Å². The largest absolute Gasteiger partial charge is 0.497 e. The van der Waals surface area contributed by atoms with Crippen molar-refractivity contribution >= 4 is 23.4 Å². The van der Waals surface area contributed by atoms with Crippen LogP contribution in [0.3, 0.4) is 0 Å². The molecule has 1 atom stereocenters. The van der Waals surface area contributed by atoms with E-state index in [0.29, 0.717) is 24.4 Å². The van der Waals surface area contributed by atoms with Gasteiger partial charge in [0.2, 0.25) is 11.8 Å². The summed E-state index contributed by atoms with van der Waals surface area (Å²) in [5, 5.41) is 3.82. The van der Waals surface area contributed by atoms with Gasteiger partial charge in [-0.3, -0.25) is 9.59 Å². The molecule has 3 rings (SSSR count). The highest BCUT2D eigenvalue weighted by molar-refractivity contribution is 6.31. The average molecular weight is 457 g/mol. The van der Waals surface area contributed by atoms with E-state index in [1.807, 2.05) is 55.5 Å². The Hall–Kier alpha value is -2.53. The van der Waals surface area contributed by atoms with Crippen molar-refractivity contribution in [2.45, 2.75) is 70.5 Å². The van der Waals surface area contributed by atoms with Gasteiger partial charge in [0.1, 0.15) is 11.8 Å². The van der Waals surface area contributed by atoms with Crippen LogP contribution in [0.1, 0.15) is 56.6 Å². The number of rotatable bonds is 9. The minimum Gasteiger partial charge on any atom is -0.497 e. The normalized spacial score (nSPS) is 15.1. The predicted molar refractivity (Wildman–Crippen MR) is 128 cm³/mol. The molecule has 0 aromatic heterocycles. The van der Waals surface area contributed by atoms with Gasteiger partial charge in [0, 0.05) is 24.0 Å². The molecule has 0 spiro atoms. The molecule has 2 aromatic rings. The maximum atomic E-state index is 13.3. The highest BCUT2D eigenvalue weighted by Gasteiger charge is 2.28. The summed E-state index contributed by atoms with van der Waals surface area (Å²) in [5.74, 6) is 0.608. The second kappa shape index (κ2) is 11.9. The first-order valence-electron chi connectivity index (χ1n) is 11.4. The second-order valence-electron chi connectivity index (χ2n) is 8.48. The van der Waals surface area contributed by atoms with Crippen molar-refractivity contribution in [2.24, 2.45) is 0 Å². The molecule has 1 aliphatic rings. The number of carbonyl (C=O) groups excluding carboxylic acids is 2. The number of nitrogens with zero attached hydrogens (tertiary/aromatic N) is 1. The van der Waals surface area contributed by atoms with Gasteiger partial charge in [-0.2, -0.15) is 0 Å². The fourth-order valence-electron chi connectivity index (χ4n) is 4.17. The Morgan fingerprint density at radius 1 is 1.09 bits per heavy atom. The summed E-state index contributed by atoms with van der Waals surface area (Å²) in [5.41, 5.74) is 1.89. The molecule has 0 radical (unpaired) electrons. The van der Waals surface area contributed by atoms with Crippen LogP contribution in [0.5, 0.6) is 5.75 Å². The van der Waals surface area contributed by atoms with E-state index in [4.69, 9.17) is 16.3 Å². The van der Waals surface area contributed by atoms with Crippen LogP contribution in [0, 0.1) is 0 Å². The number of benzene rings is 2. The van der Waals surface area contributed by atoms with E-state index in [1.165, 1.54) is 6.42 Å². The molecule has 2 amide bonds. The molecule has 5 nitrogen and oxygen atoms in total.